The van der Waals surface area contributed by atoms with E-state index in [1.165, 1.54) is 10.3 Å². The number of amides is 2. The van der Waals surface area contributed by atoms with E-state index in [2.05, 4.69) is 35.3 Å². The molecule has 1 fully saturated rings. The van der Waals surface area contributed by atoms with E-state index in [0.29, 0.717) is 30.3 Å². The molecule has 28 heavy (non-hydrogen) atoms. The predicted octanol–water partition coefficient (Wildman–Crippen LogP) is 3.69. The number of hydrogen-bond donors (Lipinski definition) is 1. The van der Waals surface area contributed by atoms with Gasteiger partial charge in [0.25, 0.3) is 0 Å². The lowest BCUT2D eigenvalue weighted by atomic mass is 10.2. The number of carbonyl (C=O) groups is 1. The van der Waals surface area contributed by atoms with E-state index in [9.17, 15) is 4.79 Å². The Balaban J connectivity index is 1.22. The molecule has 2 amide bonds. The van der Waals surface area contributed by atoms with E-state index in [1.54, 1.807) is 17.4 Å². The van der Waals surface area contributed by atoms with E-state index >= 15 is 0 Å². The Kier molecular flexibility index (Phi) is 4.20. The summed E-state index contributed by atoms with van der Waals surface area (Å²) in [5.41, 5.74) is 2.99. The number of nitrogens with one attached hydrogen (secondary N) is 1. The Hall–Kier alpha value is -3.00. The highest BCUT2D eigenvalue weighted by Gasteiger charge is 2.24. The highest BCUT2D eigenvalue weighted by Crippen LogP contribution is 2.34. The summed E-state index contributed by atoms with van der Waals surface area (Å²) in [6.07, 6.45) is 0. The fraction of sp³-hybridized carbons (Fsp3) is 0.300. The van der Waals surface area contributed by atoms with Crippen molar-refractivity contribution in [3.05, 3.63) is 42.0 Å². The smallest absolute Gasteiger partial charge is 0.321 e. The van der Waals surface area contributed by atoms with Crippen molar-refractivity contribution in [3.8, 4) is 11.5 Å². The molecule has 0 bridgehead atoms. The number of aromatic nitrogens is 1. The maximum Gasteiger partial charge on any atom is 0.321 e. The average molecular weight is 396 g/mol. The van der Waals surface area contributed by atoms with E-state index in [4.69, 9.17) is 14.5 Å². The molecule has 1 saturated heterocycles. The molecule has 144 valence electrons. The second-order valence-corrected chi connectivity index (χ2v) is 7.95. The number of anilines is 2. The van der Waals surface area contributed by atoms with Crippen LogP contribution in [0.2, 0.25) is 0 Å². The summed E-state index contributed by atoms with van der Waals surface area (Å²) in [6, 6.07) is 11.7. The van der Waals surface area contributed by atoms with Gasteiger partial charge in [-0.15, -0.1) is 0 Å². The molecule has 3 heterocycles. The molecule has 0 atom stereocenters. The van der Waals surface area contributed by atoms with Gasteiger partial charge in [-0.1, -0.05) is 17.4 Å². The Morgan fingerprint density at radius 2 is 1.89 bits per heavy atom. The molecule has 1 aromatic heterocycles. The number of ether oxygens (including phenoxy) is 2. The van der Waals surface area contributed by atoms with Gasteiger partial charge in [0.15, 0.2) is 16.6 Å². The van der Waals surface area contributed by atoms with Gasteiger partial charge in [-0.05, 0) is 36.8 Å². The molecule has 1 N–H and O–H groups in total. The van der Waals surface area contributed by atoms with Crippen LogP contribution in [0.1, 0.15) is 5.56 Å². The number of hydrogen-bond acceptors (Lipinski definition) is 6. The van der Waals surface area contributed by atoms with Crippen molar-refractivity contribution in [2.75, 3.05) is 43.2 Å². The second kappa shape index (κ2) is 6.87. The maximum atomic E-state index is 12.6. The number of nitrogens with zero attached hydrogens (tertiary/aromatic N) is 3. The molecular weight excluding hydrogens is 376 g/mol. The Morgan fingerprint density at radius 1 is 1.07 bits per heavy atom. The van der Waals surface area contributed by atoms with E-state index in [1.807, 2.05) is 17.0 Å². The van der Waals surface area contributed by atoms with Crippen molar-refractivity contribution in [1.29, 1.82) is 0 Å². The Morgan fingerprint density at radius 3 is 2.75 bits per heavy atom. The number of rotatable bonds is 2. The van der Waals surface area contributed by atoms with Crippen molar-refractivity contribution in [3.63, 3.8) is 0 Å². The van der Waals surface area contributed by atoms with Crippen LogP contribution >= 0.6 is 11.3 Å². The molecule has 0 radical (unpaired) electrons. The lowest BCUT2D eigenvalue weighted by Crippen LogP contribution is -2.50. The SMILES string of the molecule is Cc1ccc2nc(N3CCN(C(=O)Nc4ccc5c(c4)OCO5)CC3)sc2c1. The average Bonchev–Trinajstić information content (AvgIpc) is 3.34. The van der Waals surface area contributed by atoms with Gasteiger partial charge in [-0.2, -0.15) is 0 Å². The predicted molar refractivity (Wildman–Crippen MR) is 110 cm³/mol. The lowest BCUT2D eigenvalue weighted by molar-refractivity contribution is 0.174. The van der Waals surface area contributed by atoms with Crippen molar-refractivity contribution in [2.24, 2.45) is 0 Å². The van der Waals surface area contributed by atoms with Gasteiger partial charge in [-0.25, -0.2) is 9.78 Å². The summed E-state index contributed by atoms with van der Waals surface area (Å²) in [4.78, 5) is 21.4. The van der Waals surface area contributed by atoms with Crippen LogP contribution < -0.4 is 19.7 Å². The molecule has 7 nitrogen and oxygen atoms in total. The van der Waals surface area contributed by atoms with Gasteiger partial charge in [0.05, 0.1) is 10.2 Å². The third-order valence-electron chi connectivity index (χ3n) is 4.99. The van der Waals surface area contributed by atoms with E-state index in [-0.39, 0.29) is 12.8 Å². The summed E-state index contributed by atoms with van der Waals surface area (Å²) in [5.74, 6) is 1.37. The molecule has 3 aromatic rings. The first-order valence-electron chi connectivity index (χ1n) is 9.23. The van der Waals surface area contributed by atoms with Gasteiger partial charge in [0.1, 0.15) is 0 Å². The Labute approximate surface area is 166 Å². The molecule has 2 aliphatic heterocycles. The number of urea groups is 1. The van der Waals surface area contributed by atoms with E-state index in [0.717, 1.165) is 23.7 Å². The zero-order valence-corrected chi connectivity index (χ0v) is 16.3. The van der Waals surface area contributed by atoms with Crippen molar-refractivity contribution in [1.82, 2.24) is 9.88 Å². The van der Waals surface area contributed by atoms with Gasteiger partial charge >= 0.3 is 6.03 Å². The summed E-state index contributed by atoms with van der Waals surface area (Å²) in [5, 5.41) is 3.97. The normalized spacial score (nSPS) is 15.9. The van der Waals surface area contributed by atoms with Crippen LogP contribution in [0.4, 0.5) is 15.6 Å². The van der Waals surface area contributed by atoms with Crippen LogP contribution in [0.5, 0.6) is 11.5 Å². The monoisotopic (exact) mass is 396 g/mol. The van der Waals surface area contributed by atoms with Crippen LogP contribution in [0.15, 0.2) is 36.4 Å². The minimum Gasteiger partial charge on any atom is -0.454 e. The maximum absolute atomic E-state index is 12.6. The Bertz CT molecular complexity index is 1040. The molecule has 0 aliphatic carbocycles. The molecule has 0 spiro atoms. The quantitative estimate of drug-likeness (QED) is 0.716. The fourth-order valence-electron chi connectivity index (χ4n) is 3.43. The van der Waals surface area contributed by atoms with Crippen molar-refractivity contribution >= 4 is 38.4 Å². The third-order valence-corrected chi connectivity index (χ3v) is 6.07. The summed E-state index contributed by atoms with van der Waals surface area (Å²) in [7, 11) is 0. The van der Waals surface area contributed by atoms with Crippen LogP contribution in [-0.2, 0) is 0 Å². The van der Waals surface area contributed by atoms with Crippen LogP contribution in [0, 0.1) is 6.92 Å². The van der Waals surface area contributed by atoms with Crippen LogP contribution in [-0.4, -0.2) is 48.9 Å². The van der Waals surface area contributed by atoms with Crippen LogP contribution in [0.25, 0.3) is 10.2 Å². The summed E-state index contributed by atoms with van der Waals surface area (Å²) < 4.78 is 11.9. The van der Waals surface area contributed by atoms with Gasteiger partial charge in [0.2, 0.25) is 6.79 Å². The number of carbonyl (C=O) groups excluding carboxylic acids is 1. The summed E-state index contributed by atoms with van der Waals surface area (Å²) >= 11 is 1.71. The molecule has 5 rings (SSSR count). The first-order valence-corrected chi connectivity index (χ1v) is 10.0. The lowest BCUT2D eigenvalue weighted by Gasteiger charge is -2.34. The first kappa shape index (κ1) is 17.1. The zero-order chi connectivity index (χ0) is 19.1. The number of aryl methyl sites for hydroxylation is 1. The van der Waals surface area contributed by atoms with E-state index < -0.39 is 0 Å². The molecule has 2 aromatic carbocycles. The van der Waals surface area contributed by atoms with Crippen molar-refractivity contribution in [2.45, 2.75) is 6.92 Å². The topological polar surface area (TPSA) is 66.9 Å². The van der Waals surface area contributed by atoms with Gasteiger partial charge in [0, 0.05) is 37.9 Å². The van der Waals surface area contributed by atoms with Gasteiger partial charge < -0.3 is 24.6 Å². The number of thiazole rings is 1. The highest BCUT2D eigenvalue weighted by molar-refractivity contribution is 7.22. The van der Waals surface area contributed by atoms with Crippen molar-refractivity contribution < 1.29 is 14.3 Å². The fourth-order valence-corrected chi connectivity index (χ4v) is 4.55. The second-order valence-electron chi connectivity index (χ2n) is 6.94. The summed E-state index contributed by atoms with van der Waals surface area (Å²) in [6.45, 7) is 5.17. The highest BCUT2D eigenvalue weighted by atomic mass is 32.1. The minimum atomic E-state index is -0.0987. The molecule has 0 unspecified atom stereocenters. The third kappa shape index (κ3) is 3.20. The zero-order valence-electron chi connectivity index (χ0n) is 15.5. The number of benzene rings is 2. The molecule has 8 heteroatoms. The van der Waals surface area contributed by atoms with Gasteiger partial charge in [-0.3, -0.25) is 0 Å². The number of fused-ring (bicyclic) bond motifs is 2. The first-order chi connectivity index (χ1) is 13.7. The molecule has 0 saturated carbocycles. The number of piperazine rings is 1. The largest absolute Gasteiger partial charge is 0.454 e. The molecular formula is C20H20N4O3S. The molecule has 2 aliphatic rings. The standard InChI is InChI=1S/C20H20N4O3S/c1-13-2-4-15-18(10-13)28-20(22-15)24-8-6-23(7-9-24)19(25)21-14-3-5-16-17(11-14)27-12-26-16/h2-5,10-11H,6-9,12H2,1H3,(H,21,25). The van der Waals surface area contributed by atoms with Crippen LogP contribution in [0.3, 0.4) is 0 Å². The minimum absolute atomic E-state index is 0.0987.